The zero-order valence-electron chi connectivity index (χ0n) is 14.9. The molecule has 0 N–H and O–H groups in total. The van der Waals surface area contributed by atoms with Crippen LogP contribution in [-0.4, -0.2) is 23.2 Å². The molecule has 26 heavy (non-hydrogen) atoms. The third-order valence-corrected chi connectivity index (χ3v) is 6.22. The van der Waals surface area contributed by atoms with Crippen LogP contribution in [0.15, 0.2) is 36.4 Å². The fourth-order valence-electron chi connectivity index (χ4n) is 3.56. The van der Waals surface area contributed by atoms with E-state index in [1.807, 2.05) is 24.3 Å². The molecule has 136 valence electrons. The maximum atomic E-state index is 13.0. The van der Waals surface area contributed by atoms with Crippen LogP contribution in [0, 0.1) is 5.92 Å². The maximum absolute atomic E-state index is 13.0. The van der Waals surface area contributed by atoms with Crippen LogP contribution in [0.2, 0.25) is 0 Å². The first-order valence-corrected chi connectivity index (χ1v) is 10.1. The lowest BCUT2D eigenvalue weighted by atomic mass is 9.95. The van der Waals surface area contributed by atoms with Gasteiger partial charge >= 0.3 is 5.97 Å². The number of esters is 1. The van der Waals surface area contributed by atoms with Crippen LogP contribution < -0.4 is 4.74 Å². The summed E-state index contributed by atoms with van der Waals surface area (Å²) in [4.78, 5) is 28.1. The van der Waals surface area contributed by atoms with Gasteiger partial charge in [0, 0.05) is 30.3 Å². The second kappa shape index (κ2) is 7.33. The molecule has 1 unspecified atom stereocenters. The highest BCUT2D eigenvalue weighted by molar-refractivity contribution is 7.14. The summed E-state index contributed by atoms with van der Waals surface area (Å²) in [5.74, 6) is 0.379. The van der Waals surface area contributed by atoms with Crippen molar-refractivity contribution in [3.05, 3.63) is 52.4 Å². The van der Waals surface area contributed by atoms with E-state index >= 15 is 0 Å². The molecule has 1 saturated carbocycles. The number of carbonyl (C=O) groups is 2. The van der Waals surface area contributed by atoms with E-state index in [9.17, 15) is 9.59 Å². The number of nitrogens with zero attached hydrogens (tertiary/aromatic N) is 1. The first-order valence-electron chi connectivity index (χ1n) is 9.30. The maximum Gasteiger partial charge on any atom is 0.311 e. The summed E-state index contributed by atoms with van der Waals surface area (Å²) in [6.07, 6.45) is 3.32. The average Bonchev–Trinajstić information content (AvgIpc) is 3.43. The molecule has 2 aromatic rings. The number of carbonyl (C=O) groups excluding carboxylic acids is 2. The molecule has 0 radical (unpaired) electrons. The quantitative estimate of drug-likeness (QED) is 0.718. The minimum Gasteiger partial charge on any atom is -0.415 e. The van der Waals surface area contributed by atoms with E-state index in [0.29, 0.717) is 17.3 Å². The van der Waals surface area contributed by atoms with Gasteiger partial charge in [-0.3, -0.25) is 14.5 Å². The van der Waals surface area contributed by atoms with Gasteiger partial charge < -0.3 is 4.74 Å². The molecule has 0 spiro atoms. The van der Waals surface area contributed by atoms with E-state index in [4.69, 9.17) is 4.74 Å². The van der Waals surface area contributed by atoms with Crippen molar-refractivity contribution in [1.82, 2.24) is 4.90 Å². The van der Waals surface area contributed by atoms with Gasteiger partial charge in [0.05, 0.1) is 6.04 Å². The number of rotatable bonds is 6. The summed E-state index contributed by atoms with van der Waals surface area (Å²) >= 11 is 1.56. The molecule has 1 aromatic heterocycles. The van der Waals surface area contributed by atoms with E-state index in [2.05, 4.69) is 17.0 Å². The lowest BCUT2D eigenvalue weighted by molar-refractivity contribution is -0.133. The summed E-state index contributed by atoms with van der Waals surface area (Å²) in [6, 6.07) is 11.9. The van der Waals surface area contributed by atoms with Crippen LogP contribution in [0.5, 0.6) is 5.06 Å². The number of hydrogen-bond donors (Lipinski definition) is 0. The van der Waals surface area contributed by atoms with Crippen LogP contribution in [-0.2, 0) is 22.6 Å². The van der Waals surface area contributed by atoms with Crippen molar-refractivity contribution in [2.24, 2.45) is 5.92 Å². The Hall–Kier alpha value is -1.98. The van der Waals surface area contributed by atoms with Crippen molar-refractivity contribution in [2.75, 3.05) is 6.54 Å². The smallest absolute Gasteiger partial charge is 0.311 e. The number of ether oxygens (including phenoxy) is 1. The molecule has 2 heterocycles. The van der Waals surface area contributed by atoms with Gasteiger partial charge in [-0.1, -0.05) is 37.3 Å². The molecular formula is C21H23NO3S. The SMILES string of the molecule is CCC(=O)Oc1cc2c(s1)CCN(C(C(=O)C1CC1)c1ccccc1)C2. The summed E-state index contributed by atoms with van der Waals surface area (Å²) in [5.41, 5.74) is 2.27. The van der Waals surface area contributed by atoms with Crippen LogP contribution >= 0.6 is 11.3 Å². The van der Waals surface area contributed by atoms with Crippen LogP contribution in [0.4, 0.5) is 0 Å². The van der Waals surface area contributed by atoms with Gasteiger partial charge in [-0.05, 0) is 36.5 Å². The molecule has 0 amide bonds. The fourth-order valence-corrected chi connectivity index (χ4v) is 4.59. The Kier molecular flexibility index (Phi) is 4.92. The zero-order chi connectivity index (χ0) is 18.1. The Morgan fingerprint density at radius 2 is 2.04 bits per heavy atom. The Morgan fingerprint density at radius 3 is 2.73 bits per heavy atom. The van der Waals surface area contributed by atoms with Crippen LogP contribution in [0.1, 0.15) is 48.2 Å². The lowest BCUT2D eigenvalue weighted by Crippen LogP contribution is -2.38. The summed E-state index contributed by atoms with van der Waals surface area (Å²) in [7, 11) is 0. The second-order valence-electron chi connectivity index (χ2n) is 7.05. The predicted molar refractivity (Wildman–Crippen MR) is 101 cm³/mol. The predicted octanol–water partition coefficient (Wildman–Crippen LogP) is 4.14. The molecular weight excluding hydrogens is 346 g/mol. The highest BCUT2D eigenvalue weighted by atomic mass is 32.1. The summed E-state index contributed by atoms with van der Waals surface area (Å²) < 4.78 is 5.39. The first-order chi connectivity index (χ1) is 12.7. The lowest BCUT2D eigenvalue weighted by Gasteiger charge is -2.34. The third-order valence-electron chi connectivity index (χ3n) is 5.11. The Balaban J connectivity index is 1.57. The largest absolute Gasteiger partial charge is 0.415 e. The van der Waals surface area contributed by atoms with E-state index in [1.165, 1.54) is 10.4 Å². The van der Waals surface area contributed by atoms with Crippen LogP contribution in [0.25, 0.3) is 0 Å². The first kappa shape index (κ1) is 17.4. The Labute approximate surface area is 157 Å². The molecule has 1 atom stereocenters. The van der Waals surface area contributed by atoms with Crippen molar-refractivity contribution in [3.8, 4) is 5.06 Å². The molecule has 1 aliphatic carbocycles. The van der Waals surface area contributed by atoms with Crippen molar-refractivity contribution >= 4 is 23.1 Å². The van der Waals surface area contributed by atoms with Gasteiger partial charge in [0.1, 0.15) is 0 Å². The number of thiophene rings is 1. The standard InChI is InChI=1S/C21H23NO3S/c1-2-18(23)25-19-12-16-13-22(11-10-17(16)26-19)20(21(24)15-8-9-15)14-6-4-3-5-7-14/h3-7,12,15,20H,2,8-11,13H2,1H3. The average molecular weight is 369 g/mol. The monoisotopic (exact) mass is 369 g/mol. The topological polar surface area (TPSA) is 46.6 Å². The number of hydrogen-bond acceptors (Lipinski definition) is 5. The van der Waals surface area contributed by atoms with E-state index < -0.39 is 0 Å². The molecule has 5 heteroatoms. The number of ketones is 1. The van der Waals surface area contributed by atoms with E-state index in [1.54, 1.807) is 18.3 Å². The number of Topliss-reactive ketones (excluding diaryl/α,β-unsaturated/α-hetero) is 1. The normalized spacial score (nSPS) is 18.2. The van der Waals surface area contributed by atoms with Gasteiger partial charge in [0.2, 0.25) is 0 Å². The third kappa shape index (κ3) is 3.60. The van der Waals surface area contributed by atoms with Gasteiger partial charge in [0.15, 0.2) is 10.8 Å². The van der Waals surface area contributed by atoms with Crippen molar-refractivity contribution in [2.45, 2.75) is 45.2 Å². The van der Waals surface area contributed by atoms with Crippen molar-refractivity contribution in [3.63, 3.8) is 0 Å². The van der Waals surface area contributed by atoms with E-state index in [-0.39, 0.29) is 17.9 Å². The molecule has 0 bridgehead atoms. The molecule has 4 nitrogen and oxygen atoms in total. The molecule has 1 aromatic carbocycles. The van der Waals surface area contributed by atoms with Crippen molar-refractivity contribution in [1.29, 1.82) is 0 Å². The minimum atomic E-state index is -0.202. The molecule has 1 aliphatic heterocycles. The van der Waals surface area contributed by atoms with Crippen molar-refractivity contribution < 1.29 is 14.3 Å². The Morgan fingerprint density at radius 1 is 1.27 bits per heavy atom. The summed E-state index contributed by atoms with van der Waals surface area (Å²) in [5, 5.41) is 0.675. The van der Waals surface area contributed by atoms with Gasteiger partial charge in [-0.25, -0.2) is 0 Å². The highest BCUT2D eigenvalue weighted by Crippen LogP contribution is 2.40. The zero-order valence-corrected chi connectivity index (χ0v) is 15.8. The number of benzene rings is 1. The molecule has 4 rings (SSSR count). The van der Waals surface area contributed by atoms with E-state index in [0.717, 1.165) is 37.9 Å². The summed E-state index contributed by atoms with van der Waals surface area (Å²) in [6.45, 7) is 3.38. The van der Waals surface area contributed by atoms with Gasteiger partial charge in [0.25, 0.3) is 0 Å². The van der Waals surface area contributed by atoms with Gasteiger partial charge in [-0.2, -0.15) is 0 Å². The fraction of sp³-hybridized carbons (Fsp3) is 0.429. The van der Waals surface area contributed by atoms with Gasteiger partial charge in [-0.15, -0.1) is 11.3 Å². The molecule has 1 fully saturated rings. The second-order valence-corrected chi connectivity index (χ2v) is 8.15. The number of fused-ring (bicyclic) bond motifs is 1. The molecule has 0 saturated heterocycles. The van der Waals surface area contributed by atoms with Crippen LogP contribution in [0.3, 0.4) is 0 Å². The highest BCUT2D eigenvalue weighted by Gasteiger charge is 2.39. The Bertz CT molecular complexity index is 810. The minimum absolute atomic E-state index is 0.168. The molecule has 2 aliphatic rings.